The first-order valence-corrected chi connectivity index (χ1v) is 8.36. The molecule has 142 valence electrons. The second kappa shape index (κ2) is 7.22. The van der Waals surface area contributed by atoms with Crippen LogP contribution in [0.3, 0.4) is 0 Å². The van der Waals surface area contributed by atoms with Crippen molar-refractivity contribution in [2.75, 3.05) is 5.32 Å². The Kier molecular flexibility index (Phi) is 4.60. The summed E-state index contributed by atoms with van der Waals surface area (Å²) in [5.74, 6) is 1.17. The van der Waals surface area contributed by atoms with Crippen molar-refractivity contribution >= 4 is 17.1 Å². The van der Waals surface area contributed by atoms with Crippen molar-refractivity contribution in [3.05, 3.63) is 78.1 Å². The molecule has 0 saturated heterocycles. The van der Waals surface area contributed by atoms with Crippen LogP contribution in [0.15, 0.2) is 71.4 Å². The van der Waals surface area contributed by atoms with Gasteiger partial charge in [0.1, 0.15) is 17.0 Å². The standard InChI is InChI=1S/C20H14F3N3O2/c21-20(22,23)16-4-2-1-3-13(16)12-25-19-26-17-6-5-15(11-18(17)28-19)27-14-7-9-24-10-8-14/h1-11H,12H2,(H,25,26). The number of fused-ring (bicyclic) bond motifs is 1. The SMILES string of the molecule is FC(F)(F)c1ccccc1CNc1nc2ccc(Oc3ccncc3)cc2o1. The van der Waals surface area contributed by atoms with E-state index in [1.54, 1.807) is 48.8 Å². The lowest BCUT2D eigenvalue weighted by atomic mass is 10.1. The van der Waals surface area contributed by atoms with Crippen molar-refractivity contribution in [2.45, 2.75) is 12.7 Å². The van der Waals surface area contributed by atoms with Gasteiger partial charge in [0, 0.05) is 25.0 Å². The highest BCUT2D eigenvalue weighted by atomic mass is 19.4. The summed E-state index contributed by atoms with van der Waals surface area (Å²) in [6, 6.07) is 14.1. The lowest BCUT2D eigenvalue weighted by molar-refractivity contribution is -0.138. The van der Waals surface area contributed by atoms with E-state index < -0.39 is 11.7 Å². The van der Waals surface area contributed by atoms with Gasteiger partial charge in [0.05, 0.1) is 5.56 Å². The van der Waals surface area contributed by atoms with E-state index >= 15 is 0 Å². The molecule has 0 spiro atoms. The highest BCUT2D eigenvalue weighted by molar-refractivity contribution is 5.76. The predicted molar refractivity (Wildman–Crippen MR) is 97.1 cm³/mol. The molecule has 4 aromatic rings. The van der Waals surface area contributed by atoms with Crippen LogP contribution in [0.1, 0.15) is 11.1 Å². The molecule has 5 nitrogen and oxygen atoms in total. The zero-order chi connectivity index (χ0) is 19.6. The molecule has 0 aliphatic heterocycles. The summed E-state index contributed by atoms with van der Waals surface area (Å²) in [6.07, 6.45) is -1.19. The number of hydrogen-bond donors (Lipinski definition) is 1. The third-order valence-corrected chi connectivity index (χ3v) is 4.00. The summed E-state index contributed by atoms with van der Waals surface area (Å²) < 4.78 is 50.5. The molecule has 0 fully saturated rings. The molecule has 0 amide bonds. The van der Waals surface area contributed by atoms with E-state index in [2.05, 4.69) is 15.3 Å². The Labute approximate surface area is 157 Å². The van der Waals surface area contributed by atoms with Crippen LogP contribution in [0.2, 0.25) is 0 Å². The minimum atomic E-state index is -4.42. The van der Waals surface area contributed by atoms with Gasteiger partial charge in [-0.05, 0) is 35.9 Å². The van der Waals surface area contributed by atoms with Crippen molar-refractivity contribution < 1.29 is 22.3 Å². The molecule has 0 saturated carbocycles. The Morgan fingerprint density at radius 2 is 1.75 bits per heavy atom. The molecule has 2 heterocycles. The summed E-state index contributed by atoms with van der Waals surface area (Å²) in [6.45, 7) is -0.0666. The number of aromatic nitrogens is 2. The minimum Gasteiger partial charge on any atom is -0.457 e. The summed E-state index contributed by atoms with van der Waals surface area (Å²) in [5.41, 5.74) is 0.442. The monoisotopic (exact) mass is 385 g/mol. The molecular formula is C20H14F3N3O2. The Morgan fingerprint density at radius 3 is 2.54 bits per heavy atom. The van der Waals surface area contributed by atoms with Gasteiger partial charge in [-0.1, -0.05) is 18.2 Å². The van der Waals surface area contributed by atoms with E-state index in [9.17, 15) is 13.2 Å². The summed E-state index contributed by atoms with van der Waals surface area (Å²) in [5, 5.41) is 2.81. The molecule has 0 aliphatic carbocycles. The molecule has 0 atom stereocenters. The first kappa shape index (κ1) is 17.8. The zero-order valence-electron chi connectivity index (χ0n) is 14.4. The fourth-order valence-electron chi connectivity index (χ4n) is 2.71. The highest BCUT2D eigenvalue weighted by Gasteiger charge is 2.32. The predicted octanol–water partition coefficient (Wildman–Crippen LogP) is 5.65. The molecule has 2 aromatic heterocycles. The fraction of sp³-hybridized carbons (Fsp3) is 0.100. The first-order chi connectivity index (χ1) is 13.5. The van der Waals surface area contributed by atoms with Gasteiger partial charge in [-0.25, -0.2) is 0 Å². The quantitative estimate of drug-likeness (QED) is 0.481. The Hall–Kier alpha value is -3.55. The largest absolute Gasteiger partial charge is 0.457 e. The van der Waals surface area contributed by atoms with Crippen LogP contribution in [-0.4, -0.2) is 9.97 Å². The van der Waals surface area contributed by atoms with E-state index in [1.165, 1.54) is 12.1 Å². The molecule has 2 aromatic carbocycles. The number of benzene rings is 2. The van der Waals surface area contributed by atoms with Gasteiger partial charge in [0.15, 0.2) is 5.58 Å². The molecule has 28 heavy (non-hydrogen) atoms. The number of halogens is 3. The average molecular weight is 385 g/mol. The smallest absolute Gasteiger partial charge is 0.416 e. The second-order valence-electron chi connectivity index (χ2n) is 5.94. The lowest BCUT2D eigenvalue weighted by Crippen LogP contribution is -2.11. The zero-order valence-corrected chi connectivity index (χ0v) is 14.4. The summed E-state index contributed by atoms with van der Waals surface area (Å²) >= 11 is 0. The fourth-order valence-corrected chi connectivity index (χ4v) is 2.71. The van der Waals surface area contributed by atoms with Gasteiger partial charge in [0.2, 0.25) is 0 Å². The van der Waals surface area contributed by atoms with E-state index in [0.29, 0.717) is 22.6 Å². The van der Waals surface area contributed by atoms with Crippen molar-refractivity contribution in [2.24, 2.45) is 0 Å². The van der Waals surface area contributed by atoms with Crippen molar-refractivity contribution in [1.29, 1.82) is 0 Å². The molecule has 8 heteroatoms. The summed E-state index contributed by atoms with van der Waals surface area (Å²) in [7, 11) is 0. The second-order valence-corrected chi connectivity index (χ2v) is 5.94. The van der Waals surface area contributed by atoms with Crippen LogP contribution >= 0.6 is 0 Å². The molecule has 0 aliphatic rings. The number of oxazole rings is 1. The summed E-state index contributed by atoms with van der Waals surface area (Å²) in [4.78, 5) is 8.16. The van der Waals surface area contributed by atoms with E-state index in [1.807, 2.05) is 0 Å². The average Bonchev–Trinajstić information content (AvgIpc) is 3.09. The van der Waals surface area contributed by atoms with Gasteiger partial charge in [-0.2, -0.15) is 18.2 Å². The van der Waals surface area contributed by atoms with Gasteiger partial charge < -0.3 is 14.5 Å². The molecule has 0 radical (unpaired) electrons. The Balaban J connectivity index is 1.51. The minimum absolute atomic E-state index is 0.0666. The van der Waals surface area contributed by atoms with E-state index in [0.717, 1.165) is 6.07 Å². The van der Waals surface area contributed by atoms with Crippen LogP contribution in [0.5, 0.6) is 11.5 Å². The number of alkyl halides is 3. The normalized spacial score (nSPS) is 11.5. The van der Waals surface area contributed by atoms with E-state index in [-0.39, 0.29) is 18.1 Å². The Bertz CT molecular complexity index is 1090. The van der Waals surface area contributed by atoms with Crippen molar-refractivity contribution in [3.8, 4) is 11.5 Å². The number of rotatable bonds is 5. The topological polar surface area (TPSA) is 60.2 Å². The van der Waals surface area contributed by atoms with Crippen LogP contribution in [0.4, 0.5) is 19.2 Å². The number of anilines is 1. The van der Waals surface area contributed by atoms with Crippen LogP contribution in [0, 0.1) is 0 Å². The Morgan fingerprint density at radius 1 is 0.964 bits per heavy atom. The van der Waals surface area contributed by atoms with Gasteiger partial charge in [-0.3, -0.25) is 4.98 Å². The van der Waals surface area contributed by atoms with Crippen LogP contribution < -0.4 is 10.1 Å². The van der Waals surface area contributed by atoms with E-state index in [4.69, 9.17) is 9.15 Å². The molecule has 1 N–H and O–H groups in total. The maximum atomic E-state index is 13.1. The molecule has 4 rings (SSSR count). The number of pyridine rings is 1. The van der Waals surface area contributed by atoms with Gasteiger partial charge in [-0.15, -0.1) is 0 Å². The highest BCUT2D eigenvalue weighted by Crippen LogP contribution is 2.32. The van der Waals surface area contributed by atoms with Crippen molar-refractivity contribution in [1.82, 2.24) is 9.97 Å². The molecular weight excluding hydrogens is 371 g/mol. The number of ether oxygens (including phenoxy) is 1. The maximum Gasteiger partial charge on any atom is 0.416 e. The number of nitrogens with zero attached hydrogens (tertiary/aromatic N) is 2. The molecule has 0 unspecified atom stereocenters. The maximum absolute atomic E-state index is 13.1. The molecule has 0 bridgehead atoms. The number of hydrogen-bond acceptors (Lipinski definition) is 5. The third-order valence-electron chi connectivity index (χ3n) is 4.00. The first-order valence-electron chi connectivity index (χ1n) is 8.36. The van der Waals surface area contributed by atoms with Gasteiger partial charge >= 0.3 is 6.18 Å². The van der Waals surface area contributed by atoms with Crippen LogP contribution in [0.25, 0.3) is 11.1 Å². The van der Waals surface area contributed by atoms with Crippen molar-refractivity contribution in [3.63, 3.8) is 0 Å². The third kappa shape index (κ3) is 3.90. The van der Waals surface area contributed by atoms with Crippen LogP contribution in [-0.2, 0) is 12.7 Å². The van der Waals surface area contributed by atoms with Gasteiger partial charge in [0.25, 0.3) is 6.01 Å². The number of nitrogens with one attached hydrogen (secondary N) is 1. The lowest BCUT2D eigenvalue weighted by Gasteiger charge is -2.12.